The molecule has 122 valence electrons. The fourth-order valence-electron chi connectivity index (χ4n) is 3.24. The molecule has 6 aromatic rings. The number of thiophene rings is 4. The van der Waals surface area contributed by atoms with Crippen LogP contribution >= 0.6 is 45.3 Å². The first-order valence-corrected chi connectivity index (χ1v) is 11.5. The minimum atomic E-state index is 1.14. The molecule has 0 N–H and O–H groups in total. The maximum atomic E-state index is 3.38. The second-order valence-electron chi connectivity index (χ2n) is 6.17. The van der Waals surface area contributed by atoms with E-state index in [0.29, 0.717) is 0 Å². The van der Waals surface area contributed by atoms with E-state index in [4.69, 9.17) is 0 Å². The minimum Gasteiger partial charge on any atom is -0.144 e. The molecule has 0 bridgehead atoms. The zero-order valence-electron chi connectivity index (χ0n) is 13.4. The summed E-state index contributed by atoms with van der Waals surface area (Å²) in [6.07, 6.45) is 0. The molecule has 0 saturated carbocycles. The van der Waals surface area contributed by atoms with Gasteiger partial charge in [0.2, 0.25) is 0 Å². The molecule has 0 radical (unpaired) electrons. The first-order valence-electron chi connectivity index (χ1n) is 8.15. The summed E-state index contributed by atoms with van der Waals surface area (Å²) in [5.41, 5.74) is 0. The Labute approximate surface area is 166 Å². The molecular formula is C22H10S4. The summed E-state index contributed by atoms with van der Waals surface area (Å²) in [5, 5.41) is 9.56. The number of fused-ring (bicyclic) bond motifs is 4. The van der Waals surface area contributed by atoms with E-state index in [1.807, 2.05) is 0 Å². The van der Waals surface area contributed by atoms with Crippen molar-refractivity contribution in [2.24, 2.45) is 0 Å². The summed E-state index contributed by atoms with van der Waals surface area (Å²) in [6, 6.07) is 17.9. The van der Waals surface area contributed by atoms with Gasteiger partial charge in [0.15, 0.2) is 0 Å². The van der Waals surface area contributed by atoms with Crippen molar-refractivity contribution in [1.29, 1.82) is 0 Å². The van der Waals surface area contributed by atoms with Gasteiger partial charge in [-0.1, -0.05) is 0 Å². The monoisotopic (exact) mass is 402 g/mol. The fourth-order valence-corrected chi connectivity index (χ4v) is 6.77. The molecular weight excluding hydrogens is 393 g/mol. The lowest BCUT2D eigenvalue weighted by Crippen LogP contribution is -1.64. The molecule has 0 spiro atoms. The average molecular weight is 403 g/mol. The molecule has 0 aliphatic rings. The first kappa shape index (κ1) is 15.0. The van der Waals surface area contributed by atoms with Crippen molar-refractivity contribution >= 4 is 85.7 Å². The summed E-state index contributed by atoms with van der Waals surface area (Å²) in [7, 11) is 0. The van der Waals surface area contributed by atoms with Crippen molar-refractivity contribution in [2.45, 2.75) is 0 Å². The maximum absolute atomic E-state index is 3.38. The van der Waals surface area contributed by atoms with Crippen molar-refractivity contribution in [3.63, 3.8) is 0 Å². The standard InChI is InChI=1S/C22H10S4/c1(17-7-15-11-19-13(3-5-23-19)9-21(15)25-17)2-18-8-16-12-20-14(4-6-24-20)10-22(16)26-18/h3-12H. The van der Waals surface area contributed by atoms with Crippen LogP contribution < -0.4 is 0 Å². The third-order valence-electron chi connectivity index (χ3n) is 4.49. The van der Waals surface area contributed by atoms with Crippen molar-refractivity contribution in [2.75, 3.05) is 0 Å². The third kappa shape index (κ3) is 2.40. The number of hydrogen-bond acceptors (Lipinski definition) is 4. The maximum Gasteiger partial charge on any atom is 0.0785 e. The van der Waals surface area contributed by atoms with Crippen molar-refractivity contribution in [3.8, 4) is 11.8 Å². The van der Waals surface area contributed by atoms with Crippen molar-refractivity contribution in [3.05, 3.63) is 69.0 Å². The van der Waals surface area contributed by atoms with Crippen molar-refractivity contribution in [1.82, 2.24) is 0 Å². The van der Waals surface area contributed by atoms with E-state index in [2.05, 4.69) is 71.1 Å². The molecule has 6 rings (SSSR count). The molecule has 0 amide bonds. The summed E-state index contributed by atoms with van der Waals surface area (Å²) >= 11 is 7.16. The van der Waals surface area contributed by atoms with Gasteiger partial charge in [0.25, 0.3) is 0 Å². The lowest BCUT2D eigenvalue weighted by molar-refractivity contribution is 1.94. The predicted molar refractivity (Wildman–Crippen MR) is 120 cm³/mol. The van der Waals surface area contributed by atoms with Gasteiger partial charge in [-0.15, -0.1) is 45.3 Å². The van der Waals surface area contributed by atoms with Gasteiger partial charge in [-0.3, -0.25) is 0 Å². The zero-order chi connectivity index (χ0) is 17.1. The Hall–Kier alpha value is -2.16. The molecule has 4 heterocycles. The van der Waals surface area contributed by atoms with Crippen LogP contribution in [0.1, 0.15) is 9.75 Å². The molecule has 0 nitrogen and oxygen atoms in total. The van der Waals surface area contributed by atoms with E-state index in [1.165, 1.54) is 40.3 Å². The van der Waals surface area contributed by atoms with Crippen LogP contribution in [-0.2, 0) is 0 Å². The zero-order valence-corrected chi connectivity index (χ0v) is 16.7. The molecule has 0 atom stereocenters. The number of benzene rings is 2. The second-order valence-corrected chi connectivity index (χ2v) is 10.2. The molecule has 0 aliphatic heterocycles. The molecule has 26 heavy (non-hydrogen) atoms. The van der Waals surface area contributed by atoms with Crippen LogP contribution in [-0.4, -0.2) is 0 Å². The lowest BCUT2D eigenvalue weighted by atomic mass is 10.2. The topological polar surface area (TPSA) is 0 Å². The number of rotatable bonds is 0. The molecule has 2 aromatic carbocycles. The van der Waals surface area contributed by atoms with Gasteiger partial charge in [-0.2, -0.15) is 0 Å². The Kier molecular flexibility index (Phi) is 3.26. The van der Waals surface area contributed by atoms with Gasteiger partial charge in [0.1, 0.15) is 0 Å². The highest BCUT2D eigenvalue weighted by Crippen LogP contribution is 2.33. The van der Waals surface area contributed by atoms with Gasteiger partial charge in [-0.25, -0.2) is 0 Å². The molecule has 0 aliphatic carbocycles. The van der Waals surface area contributed by atoms with Crippen LogP contribution in [0.5, 0.6) is 0 Å². The summed E-state index contributed by atoms with van der Waals surface area (Å²) in [6.45, 7) is 0. The first-order chi connectivity index (χ1) is 12.8. The Bertz CT molecular complexity index is 1280. The third-order valence-corrected chi connectivity index (χ3v) is 8.28. The predicted octanol–water partition coefficient (Wildman–Crippen LogP) is 7.95. The minimum absolute atomic E-state index is 1.14. The Morgan fingerprint density at radius 1 is 0.500 bits per heavy atom. The number of hydrogen-bond donors (Lipinski definition) is 0. The second kappa shape index (κ2) is 5.67. The van der Waals surface area contributed by atoms with E-state index in [1.54, 1.807) is 45.3 Å². The van der Waals surface area contributed by atoms with Crippen LogP contribution in [0, 0.1) is 11.8 Å². The highest BCUT2D eigenvalue weighted by molar-refractivity contribution is 7.21. The molecule has 4 heteroatoms. The highest BCUT2D eigenvalue weighted by atomic mass is 32.1. The van der Waals surface area contributed by atoms with Gasteiger partial charge in [0.05, 0.1) is 9.75 Å². The van der Waals surface area contributed by atoms with E-state index < -0.39 is 0 Å². The molecule has 4 aromatic heterocycles. The van der Waals surface area contributed by atoms with Crippen LogP contribution in [0.3, 0.4) is 0 Å². The molecule has 0 unspecified atom stereocenters. The van der Waals surface area contributed by atoms with Gasteiger partial charge >= 0.3 is 0 Å². The van der Waals surface area contributed by atoms with Crippen molar-refractivity contribution < 1.29 is 0 Å². The highest BCUT2D eigenvalue weighted by Gasteiger charge is 2.05. The Morgan fingerprint density at radius 3 is 1.46 bits per heavy atom. The molecule has 0 saturated heterocycles. The van der Waals surface area contributed by atoms with E-state index >= 15 is 0 Å². The molecule has 0 fully saturated rings. The fraction of sp³-hybridized carbons (Fsp3) is 0. The van der Waals surface area contributed by atoms with Gasteiger partial charge < -0.3 is 0 Å². The Balaban J connectivity index is 1.42. The van der Waals surface area contributed by atoms with Gasteiger partial charge in [-0.05, 0) is 92.7 Å². The van der Waals surface area contributed by atoms with Crippen LogP contribution in [0.4, 0.5) is 0 Å². The van der Waals surface area contributed by atoms with E-state index in [0.717, 1.165) is 9.75 Å². The SMILES string of the molecule is C(#Cc1cc2cc3sccc3cc2s1)c1cc2cc3sccc3cc2s1. The summed E-state index contributed by atoms with van der Waals surface area (Å²) in [4.78, 5) is 2.27. The lowest BCUT2D eigenvalue weighted by Gasteiger charge is -1.89. The summed E-state index contributed by atoms with van der Waals surface area (Å²) < 4.78 is 5.33. The average Bonchev–Trinajstić information content (AvgIpc) is 3.39. The quantitative estimate of drug-likeness (QED) is 0.226. The Morgan fingerprint density at radius 2 is 0.962 bits per heavy atom. The smallest absolute Gasteiger partial charge is 0.0785 e. The van der Waals surface area contributed by atoms with E-state index in [9.17, 15) is 0 Å². The summed E-state index contributed by atoms with van der Waals surface area (Å²) in [5.74, 6) is 6.76. The van der Waals surface area contributed by atoms with Gasteiger partial charge in [0, 0.05) is 18.8 Å². The van der Waals surface area contributed by atoms with Crippen LogP contribution in [0.2, 0.25) is 0 Å². The van der Waals surface area contributed by atoms with E-state index in [-0.39, 0.29) is 0 Å². The largest absolute Gasteiger partial charge is 0.144 e. The van der Waals surface area contributed by atoms with Crippen LogP contribution in [0.15, 0.2) is 59.3 Å². The normalized spacial score (nSPS) is 11.5. The van der Waals surface area contributed by atoms with Crippen LogP contribution in [0.25, 0.3) is 40.3 Å².